The number of nitrogens with zero attached hydrogens (tertiary/aromatic N) is 3. The molecule has 0 amide bonds. The first-order valence-corrected chi connectivity index (χ1v) is 4.45. The van der Waals surface area contributed by atoms with Crippen molar-refractivity contribution in [3.63, 3.8) is 0 Å². The number of carbonyl (C=O) groups is 2. The molecule has 8 heteroatoms. The SMILES string of the molecule is COC(=O)c1ncn(-c2ccc(C(=O)O)o2)n1. The van der Waals surface area contributed by atoms with E-state index in [2.05, 4.69) is 14.8 Å². The van der Waals surface area contributed by atoms with Crippen LogP contribution >= 0.6 is 0 Å². The number of hydrogen-bond acceptors (Lipinski definition) is 6. The molecular weight excluding hydrogens is 230 g/mol. The van der Waals surface area contributed by atoms with Crippen molar-refractivity contribution in [3.8, 4) is 5.88 Å². The molecule has 0 radical (unpaired) electrons. The minimum absolute atomic E-state index is 0.138. The summed E-state index contributed by atoms with van der Waals surface area (Å²) in [5.74, 6) is -2.10. The van der Waals surface area contributed by atoms with Gasteiger partial charge in [-0.2, -0.15) is 4.68 Å². The minimum atomic E-state index is -1.19. The number of hydrogen-bond donors (Lipinski definition) is 1. The van der Waals surface area contributed by atoms with Crippen molar-refractivity contribution in [2.24, 2.45) is 0 Å². The Morgan fingerprint density at radius 2 is 2.24 bits per heavy atom. The molecule has 0 unspecified atom stereocenters. The molecule has 0 bridgehead atoms. The van der Waals surface area contributed by atoms with Gasteiger partial charge in [-0.05, 0) is 6.07 Å². The van der Waals surface area contributed by atoms with Crippen molar-refractivity contribution in [2.75, 3.05) is 7.11 Å². The number of carboxylic acids is 1. The molecule has 0 saturated carbocycles. The smallest absolute Gasteiger partial charge is 0.377 e. The second-order valence-corrected chi connectivity index (χ2v) is 2.95. The van der Waals surface area contributed by atoms with E-state index in [9.17, 15) is 9.59 Å². The predicted octanol–water partition coefficient (Wildman–Crippen LogP) is 0.345. The van der Waals surface area contributed by atoms with Crippen molar-refractivity contribution in [2.45, 2.75) is 0 Å². The summed E-state index contributed by atoms with van der Waals surface area (Å²) in [5.41, 5.74) is 0. The van der Waals surface area contributed by atoms with Crippen LogP contribution in [-0.2, 0) is 4.74 Å². The Morgan fingerprint density at radius 3 is 2.82 bits per heavy atom. The Morgan fingerprint density at radius 1 is 1.47 bits per heavy atom. The van der Waals surface area contributed by atoms with E-state index in [4.69, 9.17) is 9.52 Å². The fourth-order valence-electron chi connectivity index (χ4n) is 1.12. The zero-order valence-electron chi connectivity index (χ0n) is 8.65. The molecule has 0 aliphatic heterocycles. The number of esters is 1. The molecule has 0 aliphatic carbocycles. The van der Waals surface area contributed by atoms with Gasteiger partial charge in [0.15, 0.2) is 0 Å². The molecule has 2 aromatic rings. The van der Waals surface area contributed by atoms with Crippen LogP contribution in [0.5, 0.6) is 0 Å². The normalized spacial score (nSPS) is 10.2. The van der Waals surface area contributed by atoms with E-state index in [1.54, 1.807) is 0 Å². The zero-order chi connectivity index (χ0) is 12.4. The number of aromatic nitrogens is 3. The summed E-state index contributed by atoms with van der Waals surface area (Å²) in [6.07, 6.45) is 1.22. The van der Waals surface area contributed by atoms with Crippen LogP contribution in [0.1, 0.15) is 21.2 Å². The lowest BCUT2D eigenvalue weighted by Gasteiger charge is -1.93. The molecule has 1 N–H and O–H groups in total. The van der Waals surface area contributed by atoms with Crippen LogP contribution in [0.25, 0.3) is 5.88 Å². The minimum Gasteiger partial charge on any atom is -0.475 e. The molecular formula is C9H7N3O5. The zero-order valence-corrected chi connectivity index (χ0v) is 8.65. The molecule has 0 atom stereocenters. The van der Waals surface area contributed by atoms with E-state index in [1.807, 2.05) is 0 Å². The third kappa shape index (κ3) is 2.00. The molecule has 2 rings (SSSR count). The van der Waals surface area contributed by atoms with Crippen LogP contribution in [-0.4, -0.2) is 38.9 Å². The number of carboxylic acid groups (broad SMARTS) is 1. The topological polar surface area (TPSA) is 107 Å². The average molecular weight is 237 g/mol. The predicted molar refractivity (Wildman–Crippen MR) is 51.9 cm³/mol. The Kier molecular flexibility index (Phi) is 2.61. The molecule has 2 heterocycles. The number of methoxy groups -OCH3 is 1. The molecule has 0 fully saturated rings. The number of aromatic carboxylic acids is 1. The highest BCUT2D eigenvalue weighted by Gasteiger charge is 2.15. The van der Waals surface area contributed by atoms with Crippen LogP contribution in [0.2, 0.25) is 0 Å². The van der Waals surface area contributed by atoms with Crippen LogP contribution < -0.4 is 0 Å². The first kappa shape index (κ1) is 10.9. The van der Waals surface area contributed by atoms with Gasteiger partial charge in [-0.1, -0.05) is 0 Å². The first-order chi connectivity index (χ1) is 8.11. The fourth-order valence-corrected chi connectivity index (χ4v) is 1.12. The molecule has 17 heavy (non-hydrogen) atoms. The third-order valence-corrected chi connectivity index (χ3v) is 1.89. The lowest BCUT2D eigenvalue weighted by atomic mass is 10.5. The van der Waals surface area contributed by atoms with E-state index in [1.165, 1.54) is 25.6 Å². The maximum Gasteiger partial charge on any atom is 0.377 e. The van der Waals surface area contributed by atoms with Gasteiger partial charge < -0.3 is 14.3 Å². The third-order valence-electron chi connectivity index (χ3n) is 1.89. The second-order valence-electron chi connectivity index (χ2n) is 2.95. The summed E-state index contributed by atoms with van der Waals surface area (Å²) in [4.78, 5) is 25.4. The monoisotopic (exact) mass is 237 g/mol. The van der Waals surface area contributed by atoms with Crippen LogP contribution in [0.3, 0.4) is 0 Å². The van der Waals surface area contributed by atoms with Gasteiger partial charge in [0, 0.05) is 6.07 Å². The van der Waals surface area contributed by atoms with Crippen molar-refractivity contribution >= 4 is 11.9 Å². The van der Waals surface area contributed by atoms with Gasteiger partial charge in [0.1, 0.15) is 6.33 Å². The Bertz CT molecular complexity index is 571. The maximum atomic E-state index is 11.1. The van der Waals surface area contributed by atoms with Gasteiger partial charge in [0.25, 0.3) is 5.82 Å². The molecule has 2 aromatic heterocycles. The second kappa shape index (κ2) is 4.08. The summed E-state index contributed by atoms with van der Waals surface area (Å²) >= 11 is 0. The lowest BCUT2D eigenvalue weighted by Crippen LogP contribution is -2.04. The van der Waals surface area contributed by atoms with Gasteiger partial charge in [-0.15, -0.1) is 5.10 Å². The quantitative estimate of drug-likeness (QED) is 0.767. The highest BCUT2D eigenvalue weighted by atomic mass is 16.5. The number of furan rings is 1. The van der Waals surface area contributed by atoms with Gasteiger partial charge >= 0.3 is 11.9 Å². The van der Waals surface area contributed by atoms with E-state index < -0.39 is 11.9 Å². The van der Waals surface area contributed by atoms with Crippen LogP contribution in [0.4, 0.5) is 0 Å². The van der Waals surface area contributed by atoms with E-state index in [0.717, 1.165) is 4.68 Å². The summed E-state index contributed by atoms with van der Waals surface area (Å²) in [6.45, 7) is 0. The van der Waals surface area contributed by atoms with Gasteiger partial charge in [0.2, 0.25) is 11.6 Å². The highest BCUT2D eigenvalue weighted by molar-refractivity contribution is 5.85. The molecule has 0 saturated heterocycles. The molecule has 0 aliphatic rings. The van der Waals surface area contributed by atoms with Gasteiger partial charge in [-0.25, -0.2) is 14.6 Å². The van der Waals surface area contributed by atoms with Crippen molar-refractivity contribution in [1.29, 1.82) is 0 Å². The van der Waals surface area contributed by atoms with E-state index >= 15 is 0 Å². The maximum absolute atomic E-state index is 11.1. The van der Waals surface area contributed by atoms with Gasteiger partial charge in [0.05, 0.1) is 7.11 Å². The Balaban J connectivity index is 2.30. The van der Waals surface area contributed by atoms with Gasteiger partial charge in [-0.3, -0.25) is 0 Å². The van der Waals surface area contributed by atoms with Crippen LogP contribution in [0, 0.1) is 0 Å². The molecule has 88 valence electrons. The summed E-state index contributed by atoms with van der Waals surface area (Å²) in [6, 6.07) is 2.68. The van der Waals surface area contributed by atoms with E-state index in [-0.39, 0.29) is 17.5 Å². The molecule has 0 aromatic carbocycles. The van der Waals surface area contributed by atoms with Crippen molar-refractivity contribution in [1.82, 2.24) is 14.8 Å². The summed E-state index contributed by atoms with van der Waals surface area (Å²) in [5, 5.41) is 12.4. The number of ether oxygens (including phenoxy) is 1. The molecule has 0 spiro atoms. The Labute approximate surface area is 94.4 Å². The highest BCUT2D eigenvalue weighted by Crippen LogP contribution is 2.11. The van der Waals surface area contributed by atoms with Crippen LogP contribution in [0.15, 0.2) is 22.9 Å². The number of rotatable bonds is 3. The molecule has 8 nitrogen and oxygen atoms in total. The average Bonchev–Trinajstić information content (AvgIpc) is 2.95. The lowest BCUT2D eigenvalue weighted by molar-refractivity contribution is 0.0585. The summed E-state index contributed by atoms with van der Waals surface area (Å²) in [7, 11) is 1.21. The van der Waals surface area contributed by atoms with E-state index in [0.29, 0.717) is 0 Å². The standard InChI is InChI=1S/C9H7N3O5/c1-16-9(15)7-10-4-12(11-7)6-3-2-5(17-6)8(13)14/h2-4H,1H3,(H,13,14). The fraction of sp³-hybridized carbons (Fsp3) is 0.111. The Hall–Kier alpha value is -2.64. The summed E-state index contributed by atoms with van der Waals surface area (Å²) < 4.78 is 10.5. The van der Waals surface area contributed by atoms with Crippen molar-refractivity contribution < 1.29 is 23.8 Å². The van der Waals surface area contributed by atoms with Crippen molar-refractivity contribution in [3.05, 3.63) is 30.0 Å². The largest absolute Gasteiger partial charge is 0.475 e. The first-order valence-electron chi connectivity index (χ1n) is 4.45. The number of carbonyl (C=O) groups excluding carboxylic acids is 1.